The zero-order valence-electron chi connectivity index (χ0n) is 13.7. The molecule has 0 aromatic heterocycles. The van der Waals surface area contributed by atoms with Gasteiger partial charge in [0.1, 0.15) is 11.5 Å². The van der Waals surface area contributed by atoms with Crippen molar-refractivity contribution in [3.05, 3.63) is 29.3 Å². The van der Waals surface area contributed by atoms with E-state index in [9.17, 15) is 9.90 Å². The van der Waals surface area contributed by atoms with Gasteiger partial charge in [-0.15, -0.1) is 0 Å². The van der Waals surface area contributed by atoms with Crippen molar-refractivity contribution in [3.63, 3.8) is 0 Å². The average molecular weight is 318 g/mol. The van der Waals surface area contributed by atoms with Crippen LogP contribution in [0.15, 0.2) is 18.2 Å². The van der Waals surface area contributed by atoms with Crippen LogP contribution in [-0.4, -0.2) is 38.5 Å². The molecular weight excluding hydrogens is 296 g/mol. The fourth-order valence-corrected chi connectivity index (χ4v) is 3.91. The molecule has 0 aliphatic heterocycles. The number of rotatable bonds is 3. The summed E-state index contributed by atoms with van der Waals surface area (Å²) >= 11 is 0. The molecule has 124 valence electrons. The van der Waals surface area contributed by atoms with E-state index in [0.29, 0.717) is 31.4 Å². The van der Waals surface area contributed by atoms with Crippen molar-refractivity contribution in [2.24, 2.45) is 5.41 Å². The van der Waals surface area contributed by atoms with Crippen LogP contribution in [0.2, 0.25) is 0 Å². The minimum absolute atomic E-state index is 0.244. The van der Waals surface area contributed by atoms with Crippen molar-refractivity contribution in [3.8, 4) is 11.5 Å². The second-order valence-electron chi connectivity index (χ2n) is 6.08. The topological polar surface area (TPSA) is 65.0 Å². The van der Waals surface area contributed by atoms with Gasteiger partial charge in [-0.2, -0.15) is 0 Å². The molecule has 1 aromatic carbocycles. The van der Waals surface area contributed by atoms with E-state index in [1.807, 2.05) is 12.1 Å². The smallest absolute Gasteiger partial charge is 0.316 e. The molecule has 1 N–H and O–H groups in total. The van der Waals surface area contributed by atoms with Crippen LogP contribution in [0, 0.1) is 5.41 Å². The Bertz CT molecular complexity index is 664. The van der Waals surface area contributed by atoms with Crippen LogP contribution < -0.4 is 9.47 Å². The monoisotopic (exact) mass is 318 g/mol. The summed E-state index contributed by atoms with van der Waals surface area (Å²) < 4.78 is 16.1. The highest BCUT2D eigenvalue weighted by atomic mass is 16.5. The third-order valence-corrected chi connectivity index (χ3v) is 5.06. The first-order chi connectivity index (χ1) is 11.1. The van der Waals surface area contributed by atoms with E-state index in [-0.39, 0.29) is 5.97 Å². The van der Waals surface area contributed by atoms with E-state index in [4.69, 9.17) is 14.2 Å². The summed E-state index contributed by atoms with van der Waals surface area (Å²) in [6.45, 7) is 0. The maximum Gasteiger partial charge on any atom is 0.316 e. The predicted octanol–water partition coefficient (Wildman–Crippen LogP) is 2.35. The molecule has 0 unspecified atom stereocenters. The highest BCUT2D eigenvalue weighted by Crippen LogP contribution is 2.55. The second-order valence-corrected chi connectivity index (χ2v) is 6.08. The van der Waals surface area contributed by atoms with Crippen molar-refractivity contribution >= 4 is 11.5 Å². The Labute approximate surface area is 135 Å². The lowest BCUT2D eigenvalue weighted by atomic mass is 9.62. The molecule has 0 fully saturated rings. The molecule has 0 amide bonds. The van der Waals surface area contributed by atoms with Crippen LogP contribution in [-0.2, 0) is 16.0 Å². The van der Waals surface area contributed by atoms with Crippen LogP contribution in [0.3, 0.4) is 0 Å². The van der Waals surface area contributed by atoms with Crippen molar-refractivity contribution in [1.82, 2.24) is 0 Å². The third kappa shape index (κ3) is 2.30. The Balaban J connectivity index is 2.27. The van der Waals surface area contributed by atoms with Crippen LogP contribution in [0.25, 0.3) is 5.57 Å². The molecule has 2 atom stereocenters. The molecule has 3 rings (SSSR count). The summed E-state index contributed by atoms with van der Waals surface area (Å²) in [7, 11) is 4.66. The third-order valence-electron chi connectivity index (χ3n) is 5.06. The first kappa shape index (κ1) is 15.9. The summed E-state index contributed by atoms with van der Waals surface area (Å²) in [5, 5.41) is 10.1. The van der Waals surface area contributed by atoms with Gasteiger partial charge in [0.2, 0.25) is 0 Å². The molecule has 5 heteroatoms. The van der Waals surface area contributed by atoms with Crippen LogP contribution in [0.5, 0.6) is 11.5 Å². The Hall–Kier alpha value is -2.01. The Morgan fingerprint density at radius 2 is 1.87 bits per heavy atom. The number of fused-ring (bicyclic) bond motifs is 3. The Morgan fingerprint density at radius 1 is 1.17 bits per heavy atom. The number of ether oxygens (including phenoxy) is 3. The molecule has 0 heterocycles. The van der Waals surface area contributed by atoms with Gasteiger partial charge in [0.05, 0.1) is 32.8 Å². The molecule has 23 heavy (non-hydrogen) atoms. The Morgan fingerprint density at radius 3 is 2.52 bits per heavy atom. The summed E-state index contributed by atoms with van der Waals surface area (Å²) in [6.07, 6.45) is 3.70. The van der Waals surface area contributed by atoms with Crippen molar-refractivity contribution < 1.29 is 24.1 Å². The molecule has 0 saturated heterocycles. The van der Waals surface area contributed by atoms with Crippen LogP contribution >= 0.6 is 0 Å². The summed E-state index contributed by atoms with van der Waals surface area (Å²) in [4.78, 5) is 12.6. The van der Waals surface area contributed by atoms with E-state index >= 15 is 0 Å². The summed E-state index contributed by atoms with van der Waals surface area (Å²) in [5.41, 5.74) is 1.98. The fourth-order valence-electron chi connectivity index (χ4n) is 3.91. The van der Waals surface area contributed by atoms with Gasteiger partial charge in [0, 0.05) is 11.1 Å². The summed E-state index contributed by atoms with van der Waals surface area (Å²) in [5.74, 6) is 1.22. The van der Waals surface area contributed by atoms with Crippen LogP contribution in [0.4, 0.5) is 0 Å². The van der Waals surface area contributed by atoms with Gasteiger partial charge in [0.15, 0.2) is 0 Å². The van der Waals surface area contributed by atoms with Gasteiger partial charge in [0.25, 0.3) is 0 Å². The van der Waals surface area contributed by atoms with Gasteiger partial charge in [-0.1, -0.05) is 6.08 Å². The first-order valence-electron chi connectivity index (χ1n) is 7.80. The number of carbonyl (C=O) groups excluding carboxylic acids is 1. The van der Waals surface area contributed by atoms with Gasteiger partial charge in [-0.05, 0) is 43.4 Å². The summed E-state index contributed by atoms with van der Waals surface area (Å²) in [6, 6.07) is 3.72. The molecule has 0 radical (unpaired) electrons. The molecule has 0 spiro atoms. The van der Waals surface area contributed by atoms with E-state index in [0.717, 1.165) is 22.4 Å². The number of carbonyl (C=O) groups is 1. The lowest BCUT2D eigenvalue weighted by Crippen LogP contribution is -2.40. The van der Waals surface area contributed by atoms with E-state index in [1.54, 1.807) is 20.3 Å². The van der Waals surface area contributed by atoms with Gasteiger partial charge in [-0.25, -0.2) is 0 Å². The molecule has 2 aliphatic carbocycles. The molecular formula is C18H22O5. The first-order valence-corrected chi connectivity index (χ1v) is 7.80. The Kier molecular flexibility index (Phi) is 4.06. The SMILES string of the molecule is COC(=O)[C@]12CCc3c(OC)ccc(OC)c3C1=C[C@H](O)CC2. The van der Waals surface area contributed by atoms with E-state index < -0.39 is 11.5 Å². The number of aliphatic hydroxyl groups is 1. The minimum atomic E-state index is -0.708. The number of hydrogen-bond donors (Lipinski definition) is 1. The van der Waals surface area contributed by atoms with Gasteiger partial charge in [-0.3, -0.25) is 4.79 Å². The molecule has 5 nitrogen and oxygen atoms in total. The number of esters is 1. The maximum atomic E-state index is 12.6. The van der Waals surface area contributed by atoms with Crippen molar-refractivity contribution in [1.29, 1.82) is 0 Å². The number of aliphatic hydroxyl groups excluding tert-OH is 1. The molecule has 0 bridgehead atoms. The quantitative estimate of drug-likeness (QED) is 0.867. The van der Waals surface area contributed by atoms with E-state index in [1.165, 1.54) is 7.11 Å². The van der Waals surface area contributed by atoms with E-state index in [2.05, 4.69) is 0 Å². The second kappa shape index (κ2) is 5.89. The largest absolute Gasteiger partial charge is 0.496 e. The normalized spacial score (nSPS) is 25.7. The van der Waals surface area contributed by atoms with Crippen LogP contribution in [0.1, 0.15) is 30.4 Å². The lowest BCUT2D eigenvalue weighted by Gasteiger charge is -2.42. The zero-order valence-corrected chi connectivity index (χ0v) is 13.7. The zero-order chi connectivity index (χ0) is 16.6. The van der Waals surface area contributed by atoms with Gasteiger partial charge < -0.3 is 19.3 Å². The molecule has 1 aromatic rings. The van der Waals surface area contributed by atoms with Gasteiger partial charge >= 0.3 is 5.97 Å². The predicted molar refractivity (Wildman–Crippen MR) is 85.5 cm³/mol. The highest BCUT2D eigenvalue weighted by molar-refractivity contribution is 5.97. The highest BCUT2D eigenvalue weighted by Gasteiger charge is 2.49. The number of benzene rings is 1. The lowest BCUT2D eigenvalue weighted by molar-refractivity contribution is -0.150. The molecule has 0 saturated carbocycles. The minimum Gasteiger partial charge on any atom is -0.496 e. The standard InChI is InChI=1S/C18H22O5/c1-21-14-4-5-15(22-2)16-12(14)7-9-18(17(20)23-3)8-6-11(19)10-13(16)18/h4-5,10-11,19H,6-9H2,1-3H3/t11-,18-/m1/s1. The average Bonchev–Trinajstić information content (AvgIpc) is 2.59. The number of hydrogen-bond acceptors (Lipinski definition) is 5. The maximum absolute atomic E-state index is 12.6. The number of methoxy groups -OCH3 is 3. The fraction of sp³-hybridized carbons (Fsp3) is 0.500. The van der Waals surface area contributed by atoms with Crippen molar-refractivity contribution in [2.45, 2.75) is 31.8 Å². The molecule has 2 aliphatic rings. The van der Waals surface area contributed by atoms with Crippen molar-refractivity contribution in [2.75, 3.05) is 21.3 Å².